The van der Waals surface area contributed by atoms with Crippen molar-refractivity contribution in [2.75, 3.05) is 12.5 Å². The zero-order valence-electron chi connectivity index (χ0n) is 25.7. The number of benzene rings is 1. The topological polar surface area (TPSA) is 159 Å². The average Bonchev–Trinajstić information content (AvgIpc) is 3.72. The Morgan fingerprint density at radius 2 is 1.80 bits per heavy atom. The Morgan fingerprint density at radius 1 is 1.08 bits per heavy atom. The van der Waals surface area contributed by atoms with Gasteiger partial charge in [0.15, 0.2) is 5.82 Å². The van der Waals surface area contributed by atoms with Crippen LogP contribution in [0, 0.1) is 23.7 Å². The maximum Gasteiger partial charge on any atom is 0.423 e. The quantitative estimate of drug-likeness (QED) is 0.262. The number of imide groups is 4. The maximum absolute atomic E-state index is 15.0. The highest BCUT2D eigenvalue weighted by Crippen LogP contribution is 2.64. The van der Waals surface area contributed by atoms with Gasteiger partial charge in [0.2, 0.25) is 11.8 Å². The molecule has 4 heterocycles. The molecule has 17 heteroatoms. The molecule has 2 saturated heterocycles. The number of aliphatic hydroxyl groups is 1. The number of hydrazine groups is 1. The summed E-state index contributed by atoms with van der Waals surface area (Å²) >= 11 is 12.4. The van der Waals surface area contributed by atoms with Crippen molar-refractivity contribution in [3.8, 4) is 0 Å². The molecular weight excluding hydrogens is 708 g/mol. The van der Waals surface area contributed by atoms with E-state index in [4.69, 9.17) is 32.4 Å². The van der Waals surface area contributed by atoms with Crippen LogP contribution in [0.4, 0.5) is 23.8 Å². The van der Waals surface area contributed by atoms with Crippen molar-refractivity contribution in [3.05, 3.63) is 93.0 Å². The third-order valence-corrected chi connectivity index (χ3v) is 10.6. The minimum absolute atomic E-state index is 0.00911. The Morgan fingerprint density at radius 3 is 2.42 bits per heavy atom. The number of aliphatic hydroxyl groups excluding tert-OH is 1. The number of allylic oxidation sites excluding steroid dienone is 2. The number of fused-ring (bicyclic) bond motifs is 4. The number of likely N-dealkylation sites (tertiary alicyclic amines) is 1. The van der Waals surface area contributed by atoms with Gasteiger partial charge in [-0.15, -0.1) is 0 Å². The number of halogens is 5. The number of anilines is 1. The van der Waals surface area contributed by atoms with Gasteiger partial charge in [-0.1, -0.05) is 47.0 Å². The molecule has 50 heavy (non-hydrogen) atoms. The predicted octanol–water partition coefficient (Wildman–Crippen LogP) is 5.24. The Hall–Kier alpha value is -4.73. The number of ether oxygens (including phenoxy) is 1. The number of amides is 5. The molecule has 0 bridgehead atoms. The summed E-state index contributed by atoms with van der Waals surface area (Å²) in [6.07, 6.45) is -3.87. The number of pyridine rings is 1. The lowest BCUT2D eigenvalue weighted by atomic mass is 9.50. The van der Waals surface area contributed by atoms with Gasteiger partial charge in [0.05, 0.1) is 41.4 Å². The largest absolute Gasteiger partial charge is 0.463 e. The van der Waals surface area contributed by atoms with Crippen LogP contribution in [0.25, 0.3) is 0 Å². The van der Waals surface area contributed by atoms with Crippen LogP contribution >= 0.6 is 23.2 Å². The molecule has 3 fully saturated rings. The van der Waals surface area contributed by atoms with Crippen molar-refractivity contribution in [3.63, 3.8) is 0 Å². The molecule has 2 N–H and O–H groups in total. The van der Waals surface area contributed by atoms with E-state index in [1.807, 2.05) is 0 Å². The smallest absolute Gasteiger partial charge is 0.423 e. The van der Waals surface area contributed by atoms with E-state index in [-0.39, 0.29) is 24.4 Å². The lowest BCUT2D eigenvalue weighted by Gasteiger charge is -2.49. The normalized spacial score (nSPS) is 27.6. The molecule has 260 valence electrons. The number of alkyl halides is 3. The monoisotopic (exact) mass is 732 g/mol. The molecule has 5 amide bonds. The summed E-state index contributed by atoms with van der Waals surface area (Å²) < 4.78 is 50.8. The number of hydrogen-bond acceptors (Lipinski definition) is 10. The Labute approximate surface area is 290 Å². The summed E-state index contributed by atoms with van der Waals surface area (Å²) in [5, 5.41) is 10.3. The van der Waals surface area contributed by atoms with Gasteiger partial charge in [0.25, 0.3) is 11.8 Å². The second-order valence-corrected chi connectivity index (χ2v) is 13.2. The molecule has 0 radical (unpaired) electrons. The molecule has 1 aromatic carbocycles. The summed E-state index contributed by atoms with van der Waals surface area (Å²) in [5.74, 6) is -8.69. The van der Waals surface area contributed by atoms with Gasteiger partial charge in [-0.3, -0.25) is 24.6 Å². The first-order valence-corrected chi connectivity index (χ1v) is 16.0. The summed E-state index contributed by atoms with van der Waals surface area (Å²) in [5.41, 5.74) is 0.358. The number of methoxy groups -OCH3 is 1. The fourth-order valence-corrected chi connectivity index (χ4v) is 8.33. The first-order valence-electron chi connectivity index (χ1n) is 15.2. The standard InChI is InChI=1S/C33H25Cl2F3N4O8/c1-49-31(48)41-27(44)19-8-7-18-20(24(19)29(41)46)11-21-28(45)42(40-26-22(35)10-15(12-39-26)33(36,37)38)30(47)32(21,14-2-4-16(34)5-3-14)25(18)23-9-6-17(13-43)50-23/h2-7,9-10,12,19-21,24-25,43H,8,11,13H2,1H3,(H,39,40)/t19-,20+,21-,24-,25+,32+/m0/s1. The van der Waals surface area contributed by atoms with E-state index < -0.39 is 93.9 Å². The Kier molecular flexibility index (Phi) is 8.07. The van der Waals surface area contributed by atoms with E-state index in [2.05, 4.69) is 10.4 Å². The molecule has 0 unspecified atom stereocenters. The van der Waals surface area contributed by atoms with E-state index in [0.29, 0.717) is 38.3 Å². The molecule has 4 aliphatic rings. The number of carbonyl (C=O) groups excluding carboxylic acids is 5. The fourth-order valence-electron chi connectivity index (χ4n) is 8.00. The van der Waals surface area contributed by atoms with Crippen LogP contribution in [0.3, 0.4) is 0 Å². The van der Waals surface area contributed by atoms with Gasteiger partial charge in [-0.25, -0.2) is 9.78 Å². The second-order valence-electron chi connectivity index (χ2n) is 12.4. The van der Waals surface area contributed by atoms with Gasteiger partial charge in [0.1, 0.15) is 23.5 Å². The summed E-state index contributed by atoms with van der Waals surface area (Å²) in [4.78, 5) is 73.4. The van der Waals surface area contributed by atoms with Crippen molar-refractivity contribution in [1.29, 1.82) is 0 Å². The number of rotatable bonds is 5. The first-order chi connectivity index (χ1) is 23.7. The number of hydrogen-bond donors (Lipinski definition) is 2. The molecule has 0 spiro atoms. The summed E-state index contributed by atoms with van der Waals surface area (Å²) in [7, 11) is 1.03. The fraction of sp³-hybridized carbons (Fsp3) is 0.333. The number of nitrogens with zero attached hydrogens (tertiary/aromatic N) is 3. The van der Waals surface area contributed by atoms with Crippen LogP contribution in [0.2, 0.25) is 10.0 Å². The van der Waals surface area contributed by atoms with E-state index in [9.17, 15) is 37.5 Å². The molecule has 7 rings (SSSR count). The number of aromatic nitrogens is 1. The van der Waals surface area contributed by atoms with Gasteiger partial charge in [-0.2, -0.15) is 23.1 Å². The molecule has 3 aromatic rings. The maximum atomic E-state index is 15.0. The van der Waals surface area contributed by atoms with Crippen molar-refractivity contribution < 1.29 is 51.4 Å². The van der Waals surface area contributed by atoms with E-state index >= 15 is 4.79 Å². The zero-order valence-corrected chi connectivity index (χ0v) is 27.3. The molecule has 1 saturated carbocycles. The van der Waals surface area contributed by atoms with Crippen LogP contribution in [0.1, 0.15) is 41.4 Å². The SMILES string of the molecule is COC(=O)N1C(=O)[C@H]2[C@H](CC=C3[C@H]2C[C@H]2C(=O)N(Nc4ncc(C(F)(F)F)cc4Cl)C(=O)[C@@]2(c2ccc(Cl)cc2)[C@H]3c2ccc(CO)o2)C1=O. The van der Waals surface area contributed by atoms with E-state index in [1.54, 1.807) is 18.2 Å². The third kappa shape index (κ3) is 4.85. The van der Waals surface area contributed by atoms with Crippen LogP contribution in [0.5, 0.6) is 0 Å². The van der Waals surface area contributed by atoms with Crippen LogP contribution < -0.4 is 5.43 Å². The number of nitrogens with one attached hydrogen (secondary N) is 1. The van der Waals surface area contributed by atoms with Crippen molar-refractivity contribution in [1.82, 2.24) is 14.9 Å². The Balaban J connectivity index is 1.42. The molecule has 12 nitrogen and oxygen atoms in total. The van der Waals surface area contributed by atoms with E-state index in [0.717, 1.165) is 7.11 Å². The Bertz CT molecular complexity index is 2000. The first kappa shape index (κ1) is 33.8. The van der Waals surface area contributed by atoms with Crippen molar-refractivity contribution in [2.45, 2.75) is 37.0 Å². The van der Waals surface area contributed by atoms with Crippen molar-refractivity contribution >= 4 is 58.7 Å². The van der Waals surface area contributed by atoms with Crippen LogP contribution in [0.15, 0.2) is 64.7 Å². The average molecular weight is 733 g/mol. The lowest BCUT2D eigenvalue weighted by Crippen LogP contribution is -2.53. The van der Waals surface area contributed by atoms with Gasteiger partial charge < -0.3 is 14.3 Å². The second kappa shape index (κ2) is 12.0. The van der Waals surface area contributed by atoms with Gasteiger partial charge >= 0.3 is 12.3 Å². The molecule has 6 atom stereocenters. The minimum Gasteiger partial charge on any atom is -0.463 e. The van der Waals surface area contributed by atoms with E-state index in [1.165, 1.54) is 24.3 Å². The van der Waals surface area contributed by atoms with Crippen LogP contribution in [-0.2, 0) is 42.1 Å². The highest BCUT2D eigenvalue weighted by Gasteiger charge is 2.71. The summed E-state index contributed by atoms with van der Waals surface area (Å²) in [6, 6.07) is 9.79. The summed E-state index contributed by atoms with van der Waals surface area (Å²) in [6.45, 7) is -0.503. The highest BCUT2D eigenvalue weighted by molar-refractivity contribution is 6.33. The molecule has 2 aromatic heterocycles. The van der Waals surface area contributed by atoms with Crippen molar-refractivity contribution in [2.24, 2.45) is 23.7 Å². The third-order valence-electron chi connectivity index (χ3n) is 10.0. The number of furan rings is 1. The number of carbonyl (C=O) groups is 5. The van der Waals surface area contributed by atoms with Gasteiger partial charge in [0, 0.05) is 11.2 Å². The highest BCUT2D eigenvalue weighted by atomic mass is 35.5. The minimum atomic E-state index is -4.77. The zero-order chi connectivity index (χ0) is 35.9. The molecule has 2 aliphatic heterocycles. The molecule has 2 aliphatic carbocycles. The predicted molar refractivity (Wildman–Crippen MR) is 166 cm³/mol. The molecular formula is C33H25Cl2F3N4O8. The van der Waals surface area contributed by atoms with Crippen LogP contribution in [-0.4, -0.2) is 56.8 Å². The lowest BCUT2D eigenvalue weighted by molar-refractivity contribution is -0.140. The van der Waals surface area contributed by atoms with Gasteiger partial charge in [-0.05, 0) is 54.7 Å².